The average molecular weight is 420 g/mol. The molecular weight excluding hydrogens is 397 g/mol. The first-order valence-corrected chi connectivity index (χ1v) is 10.7. The molecule has 0 radical (unpaired) electrons. The topological polar surface area (TPSA) is 55.4 Å². The number of ketones is 2. The van der Waals surface area contributed by atoms with Crippen molar-refractivity contribution >= 4 is 34.8 Å². The van der Waals surface area contributed by atoms with Crippen LogP contribution >= 0.6 is 23.2 Å². The number of nitrogens with one attached hydrogen (secondary N) is 1. The minimum atomic E-state index is -0.463. The number of allylic oxidation sites excluding steroid dienone is 4. The lowest BCUT2D eigenvalue weighted by Crippen LogP contribution is -2.36. The third kappa shape index (κ3) is 3.37. The Balaban J connectivity index is 1.95. The third-order valence-electron chi connectivity index (χ3n) is 5.59. The Kier molecular flexibility index (Phi) is 5.52. The summed E-state index contributed by atoms with van der Waals surface area (Å²) in [4.78, 5) is 25.9. The highest BCUT2D eigenvalue weighted by atomic mass is 35.5. The standard InChI is InChI=1S/C22H23Cl2NO3/c1-2-9-28-22-13(10-12(23)11-14(22)24)19-20-15(5-3-7-17(20)26)25-16-6-4-8-18(27)21(16)19/h10-11,19,25H,2-9H2,1H3. The molecule has 4 nitrogen and oxygen atoms in total. The maximum Gasteiger partial charge on any atom is 0.161 e. The molecule has 1 aliphatic heterocycles. The summed E-state index contributed by atoms with van der Waals surface area (Å²) >= 11 is 12.8. The van der Waals surface area contributed by atoms with Crippen LogP contribution in [0.2, 0.25) is 10.0 Å². The highest BCUT2D eigenvalue weighted by molar-refractivity contribution is 6.35. The second-order valence-electron chi connectivity index (χ2n) is 7.55. The Morgan fingerprint density at radius 1 is 1.00 bits per heavy atom. The van der Waals surface area contributed by atoms with Crippen molar-refractivity contribution in [2.75, 3.05) is 6.61 Å². The lowest BCUT2D eigenvalue weighted by Gasteiger charge is -2.37. The maximum absolute atomic E-state index is 13.0. The Labute approximate surface area is 174 Å². The zero-order valence-corrected chi connectivity index (χ0v) is 17.4. The first-order chi connectivity index (χ1) is 13.5. The molecule has 1 N–H and O–H groups in total. The van der Waals surface area contributed by atoms with E-state index in [2.05, 4.69) is 5.32 Å². The molecule has 6 heteroatoms. The van der Waals surface area contributed by atoms with E-state index in [-0.39, 0.29) is 11.6 Å². The van der Waals surface area contributed by atoms with E-state index >= 15 is 0 Å². The first kappa shape index (κ1) is 19.5. The molecule has 0 saturated heterocycles. The van der Waals surface area contributed by atoms with E-state index in [1.54, 1.807) is 12.1 Å². The van der Waals surface area contributed by atoms with Gasteiger partial charge in [0.05, 0.1) is 11.6 Å². The number of benzene rings is 1. The van der Waals surface area contributed by atoms with E-state index in [0.29, 0.717) is 46.4 Å². The molecule has 1 aromatic carbocycles. The van der Waals surface area contributed by atoms with Crippen molar-refractivity contribution in [3.8, 4) is 5.75 Å². The Morgan fingerprint density at radius 3 is 2.18 bits per heavy atom. The fourth-order valence-electron chi connectivity index (χ4n) is 4.45. The van der Waals surface area contributed by atoms with Crippen LogP contribution in [0.3, 0.4) is 0 Å². The van der Waals surface area contributed by atoms with Crippen molar-refractivity contribution in [3.63, 3.8) is 0 Å². The zero-order chi connectivity index (χ0) is 19.8. The molecule has 0 atom stereocenters. The number of ether oxygens (including phenoxy) is 1. The number of dihydropyridines is 1. The summed E-state index contributed by atoms with van der Waals surface area (Å²) in [5.74, 6) is 0.229. The van der Waals surface area contributed by atoms with E-state index in [1.165, 1.54) is 0 Å². The normalized spacial score (nSPS) is 20.1. The summed E-state index contributed by atoms with van der Waals surface area (Å²) in [7, 11) is 0. The zero-order valence-electron chi connectivity index (χ0n) is 15.9. The van der Waals surface area contributed by atoms with Crippen LogP contribution in [0.5, 0.6) is 5.75 Å². The van der Waals surface area contributed by atoms with E-state index in [1.807, 2.05) is 6.92 Å². The third-order valence-corrected chi connectivity index (χ3v) is 6.09. The quantitative estimate of drug-likeness (QED) is 0.701. The van der Waals surface area contributed by atoms with Crippen molar-refractivity contribution in [1.29, 1.82) is 0 Å². The molecule has 0 amide bonds. The summed E-state index contributed by atoms with van der Waals surface area (Å²) in [5, 5.41) is 4.30. The maximum atomic E-state index is 13.0. The van der Waals surface area contributed by atoms with Gasteiger partial charge < -0.3 is 10.1 Å². The molecule has 0 saturated carbocycles. The Hall–Kier alpha value is -1.78. The lowest BCUT2D eigenvalue weighted by molar-refractivity contribution is -0.116. The Bertz CT molecular complexity index is 875. The molecular formula is C22H23Cl2NO3. The smallest absolute Gasteiger partial charge is 0.161 e. The minimum absolute atomic E-state index is 0.0845. The SMILES string of the molecule is CCCOc1c(Cl)cc(Cl)cc1C1C2=C(CCCC2=O)NC2=C1C(=O)CCC2. The molecule has 0 spiro atoms. The summed E-state index contributed by atoms with van der Waals surface area (Å²) in [5.41, 5.74) is 3.96. The van der Waals surface area contributed by atoms with Crippen LogP contribution in [-0.2, 0) is 9.59 Å². The van der Waals surface area contributed by atoms with Gasteiger partial charge in [0.25, 0.3) is 0 Å². The average Bonchev–Trinajstić information content (AvgIpc) is 2.66. The molecule has 2 aliphatic carbocycles. The van der Waals surface area contributed by atoms with Gasteiger partial charge in [0.1, 0.15) is 5.75 Å². The van der Waals surface area contributed by atoms with Gasteiger partial charge in [0.15, 0.2) is 11.6 Å². The number of hydrogen-bond acceptors (Lipinski definition) is 4. The molecule has 28 heavy (non-hydrogen) atoms. The summed E-state index contributed by atoms with van der Waals surface area (Å²) in [6.45, 7) is 2.52. The molecule has 4 rings (SSSR count). The van der Waals surface area contributed by atoms with Crippen LogP contribution in [-0.4, -0.2) is 18.2 Å². The molecule has 0 unspecified atom stereocenters. The van der Waals surface area contributed by atoms with Crippen molar-refractivity contribution in [1.82, 2.24) is 5.32 Å². The van der Waals surface area contributed by atoms with Crippen LogP contribution in [0, 0.1) is 0 Å². The van der Waals surface area contributed by atoms with Gasteiger partial charge in [-0.1, -0.05) is 30.1 Å². The predicted molar refractivity (Wildman–Crippen MR) is 110 cm³/mol. The number of carbonyl (C=O) groups excluding carboxylic acids is 2. The number of Topliss-reactive ketones (excluding diaryl/α,β-unsaturated/α-hetero) is 2. The molecule has 0 bridgehead atoms. The van der Waals surface area contributed by atoms with E-state index in [4.69, 9.17) is 27.9 Å². The van der Waals surface area contributed by atoms with Crippen molar-refractivity contribution in [2.45, 2.75) is 57.8 Å². The largest absolute Gasteiger partial charge is 0.492 e. The van der Waals surface area contributed by atoms with Gasteiger partial charge in [0.2, 0.25) is 0 Å². The van der Waals surface area contributed by atoms with Gasteiger partial charge in [-0.3, -0.25) is 9.59 Å². The second-order valence-corrected chi connectivity index (χ2v) is 8.39. The number of carbonyl (C=O) groups is 2. The monoisotopic (exact) mass is 419 g/mol. The van der Waals surface area contributed by atoms with Gasteiger partial charge >= 0.3 is 0 Å². The van der Waals surface area contributed by atoms with Crippen molar-refractivity contribution in [3.05, 3.63) is 50.3 Å². The first-order valence-electron chi connectivity index (χ1n) is 9.92. The lowest BCUT2D eigenvalue weighted by atomic mass is 9.71. The van der Waals surface area contributed by atoms with Gasteiger partial charge in [0, 0.05) is 51.9 Å². The fraction of sp³-hybridized carbons (Fsp3) is 0.455. The molecule has 1 heterocycles. The number of hydrogen-bond donors (Lipinski definition) is 1. The Morgan fingerprint density at radius 2 is 1.61 bits per heavy atom. The molecule has 0 fully saturated rings. The summed E-state index contributed by atoms with van der Waals surface area (Å²) in [6, 6.07) is 3.45. The summed E-state index contributed by atoms with van der Waals surface area (Å²) in [6.07, 6.45) is 5.07. The van der Waals surface area contributed by atoms with Gasteiger partial charge in [-0.2, -0.15) is 0 Å². The minimum Gasteiger partial charge on any atom is -0.492 e. The second kappa shape index (κ2) is 7.92. The highest BCUT2D eigenvalue weighted by Gasteiger charge is 2.41. The van der Waals surface area contributed by atoms with Gasteiger partial charge in [-0.15, -0.1) is 0 Å². The van der Waals surface area contributed by atoms with E-state index < -0.39 is 5.92 Å². The van der Waals surface area contributed by atoms with Crippen molar-refractivity contribution in [2.24, 2.45) is 0 Å². The van der Waals surface area contributed by atoms with Gasteiger partial charge in [-0.05, 0) is 44.2 Å². The number of rotatable bonds is 4. The molecule has 0 aromatic heterocycles. The molecule has 3 aliphatic rings. The van der Waals surface area contributed by atoms with Gasteiger partial charge in [-0.25, -0.2) is 0 Å². The van der Waals surface area contributed by atoms with Crippen LogP contribution in [0.4, 0.5) is 0 Å². The van der Waals surface area contributed by atoms with E-state index in [9.17, 15) is 9.59 Å². The molecule has 1 aromatic rings. The van der Waals surface area contributed by atoms with Crippen LogP contribution in [0.15, 0.2) is 34.7 Å². The van der Waals surface area contributed by atoms with Crippen LogP contribution < -0.4 is 10.1 Å². The predicted octanol–water partition coefficient (Wildman–Crippen LogP) is 5.48. The number of halogens is 2. The van der Waals surface area contributed by atoms with Crippen LogP contribution in [0.25, 0.3) is 0 Å². The summed E-state index contributed by atoms with van der Waals surface area (Å²) < 4.78 is 5.98. The van der Waals surface area contributed by atoms with Crippen LogP contribution in [0.1, 0.15) is 63.4 Å². The highest BCUT2D eigenvalue weighted by Crippen LogP contribution is 2.49. The van der Waals surface area contributed by atoms with Crippen molar-refractivity contribution < 1.29 is 14.3 Å². The van der Waals surface area contributed by atoms with E-state index in [0.717, 1.165) is 49.1 Å². The fourth-order valence-corrected chi connectivity index (χ4v) is 5.01. The molecule has 148 valence electrons.